The lowest BCUT2D eigenvalue weighted by atomic mass is 9.96. The molecular weight excluding hydrogens is 214 g/mol. The van der Waals surface area contributed by atoms with Crippen molar-refractivity contribution in [1.82, 2.24) is 4.98 Å². The molecule has 0 saturated heterocycles. The molecule has 1 aliphatic carbocycles. The van der Waals surface area contributed by atoms with Gasteiger partial charge < -0.3 is 9.84 Å². The number of hydrogen-bond donors (Lipinski definition) is 1. The van der Waals surface area contributed by atoms with Gasteiger partial charge in [-0.2, -0.15) is 0 Å². The Bertz CT molecular complexity index is 403. The predicted molar refractivity (Wildman–Crippen MR) is 67.3 cm³/mol. The molecule has 0 aliphatic heterocycles. The van der Waals surface area contributed by atoms with E-state index in [-0.39, 0.29) is 6.10 Å². The molecule has 2 atom stereocenters. The van der Waals surface area contributed by atoms with Crippen molar-refractivity contribution in [2.75, 3.05) is 7.11 Å². The van der Waals surface area contributed by atoms with Crippen LogP contribution >= 0.6 is 0 Å². The van der Waals surface area contributed by atoms with Gasteiger partial charge in [0.15, 0.2) is 0 Å². The Morgan fingerprint density at radius 3 is 2.76 bits per heavy atom. The standard InChI is InChI=1S/C14H21NO2/c1-9-8-15-12(10(2)14(9)17-3)7-11-5-4-6-13(11)16/h8,11,13,16H,4-7H2,1-3H3. The van der Waals surface area contributed by atoms with Crippen molar-refractivity contribution in [1.29, 1.82) is 0 Å². The van der Waals surface area contributed by atoms with Crippen molar-refractivity contribution in [3.05, 3.63) is 23.0 Å². The Balaban J connectivity index is 2.21. The van der Waals surface area contributed by atoms with Crippen LogP contribution in [0.4, 0.5) is 0 Å². The molecule has 0 amide bonds. The van der Waals surface area contributed by atoms with E-state index in [0.717, 1.165) is 48.3 Å². The first-order valence-electron chi connectivity index (χ1n) is 6.30. The summed E-state index contributed by atoms with van der Waals surface area (Å²) in [6.45, 7) is 4.06. The summed E-state index contributed by atoms with van der Waals surface area (Å²) in [5.41, 5.74) is 3.26. The van der Waals surface area contributed by atoms with Crippen molar-refractivity contribution in [2.24, 2.45) is 5.92 Å². The lowest BCUT2D eigenvalue weighted by Gasteiger charge is -2.17. The average Bonchev–Trinajstić information content (AvgIpc) is 2.69. The Hall–Kier alpha value is -1.09. The molecule has 1 saturated carbocycles. The summed E-state index contributed by atoms with van der Waals surface area (Å²) >= 11 is 0. The summed E-state index contributed by atoms with van der Waals surface area (Å²) in [5.74, 6) is 1.30. The van der Waals surface area contributed by atoms with Gasteiger partial charge in [-0.1, -0.05) is 6.42 Å². The van der Waals surface area contributed by atoms with Crippen molar-refractivity contribution >= 4 is 0 Å². The first-order valence-corrected chi connectivity index (χ1v) is 6.30. The fraction of sp³-hybridized carbons (Fsp3) is 0.643. The molecule has 2 rings (SSSR count). The third kappa shape index (κ3) is 2.44. The highest BCUT2D eigenvalue weighted by Crippen LogP contribution is 2.31. The number of aromatic nitrogens is 1. The molecule has 1 heterocycles. The first kappa shape index (κ1) is 12.4. The maximum Gasteiger partial charge on any atom is 0.128 e. The van der Waals surface area contributed by atoms with Gasteiger partial charge in [0.05, 0.1) is 13.2 Å². The Morgan fingerprint density at radius 2 is 2.18 bits per heavy atom. The van der Waals surface area contributed by atoms with Gasteiger partial charge >= 0.3 is 0 Å². The van der Waals surface area contributed by atoms with Crippen molar-refractivity contribution < 1.29 is 9.84 Å². The van der Waals surface area contributed by atoms with Crippen LogP contribution in [0.2, 0.25) is 0 Å². The van der Waals surface area contributed by atoms with Crippen molar-refractivity contribution in [2.45, 2.75) is 45.6 Å². The number of ether oxygens (including phenoxy) is 1. The van der Waals surface area contributed by atoms with Gasteiger partial charge in [0.2, 0.25) is 0 Å². The average molecular weight is 235 g/mol. The Kier molecular flexibility index (Phi) is 3.67. The first-order chi connectivity index (χ1) is 8.13. The van der Waals surface area contributed by atoms with Crippen LogP contribution in [-0.2, 0) is 6.42 Å². The molecule has 1 aromatic heterocycles. The normalized spacial score (nSPS) is 24.0. The van der Waals surface area contributed by atoms with Crippen LogP contribution in [-0.4, -0.2) is 23.3 Å². The van der Waals surface area contributed by atoms with Crippen molar-refractivity contribution in [3.8, 4) is 5.75 Å². The van der Waals surface area contributed by atoms with Crippen LogP contribution in [0.1, 0.15) is 36.1 Å². The molecule has 0 spiro atoms. The molecule has 3 nitrogen and oxygen atoms in total. The molecule has 17 heavy (non-hydrogen) atoms. The molecule has 1 aliphatic rings. The lowest BCUT2D eigenvalue weighted by Crippen LogP contribution is -2.17. The molecular formula is C14H21NO2. The van der Waals surface area contributed by atoms with E-state index in [2.05, 4.69) is 11.9 Å². The Morgan fingerprint density at radius 1 is 1.41 bits per heavy atom. The number of pyridine rings is 1. The second kappa shape index (κ2) is 5.05. The highest BCUT2D eigenvalue weighted by molar-refractivity contribution is 5.41. The summed E-state index contributed by atoms with van der Waals surface area (Å²) in [5, 5.41) is 9.86. The van der Waals surface area contributed by atoms with Gasteiger partial charge in [0, 0.05) is 23.0 Å². The molecule has 1 fully saturated rings. The molecule has 2 unspecified atom stereocenters. The van der Waals surface area contributed by atoms with Gasteiger partial charge in [-0.25, -0.2) is 0 Å². The topological polar surface area (TPSA) is 42.4 Å². The summed E-state index contributed by atoms with van der Waals surface area (Å²) in [6.07, 6.45) is 5.76. The highest BCUT2D eigenvalue weighted by Gasteiger charge is 2.26. The van der Waals surface area contributed by atoms with Gasteiger partial charge in [0.1, 0.15) is 5.75 Å². The fourth-order valence-corrected chi connectivity index (χ4v) is 2.78. The maximum absolute atomic E-state index is 9.86. The largest absolute Gasteiger partial charge is 0.496 e. The second-order valence-corrected chi connectivity index (χ2v) is 5.01. The highest BCUT2D eigenvalue weighted by atomic mass is 16.5. The van der Waals surface area contributed by atoms with Crippen molar-refractivity contribution in [3.63, 3.8) is 0 Å². The SMILES string of the molecule is COc1c(C)cnc(CC2CCCC2O)c1C. The molecule has 0 aromatic carbocycles. The zero-order valence-electron chi connectivity index (χ0n) is 10.9. The number of hydrogen-bond acceptors (Lipinski definition) is 3. The van der Waals surface area contributed by atoms with E-state index in [1.54, 1.807) is 7.11 Å². The number of aliphatic hydroxyl groups excluding tert-OH is 1. The minimum Gasteiger partial charge on any atom is -0.496 e. The number of aryl methyl sites for hydroxylation is 1. The molecule has 1 aromatic rings. The Labute approximate surface area is 103 Å². The molecule has 94 valence electrons. The van der Waals surface area contributed by atoms with Crippen LogP contribution in [0.3, 0.4) is 0 Å². The smallest absolute Gasteiger partial charge is 0.128 e. The van der Waals surface area contributed by atoms with Crippen LogP contribution in [0.5, 0.6) is 5.75 Å². The van der Waals surface area contributed by atoms with E-state index < -0.39 is 0 Å². The van der Waals surface area contributed by atoms with E-state index in [4.69, 9.17) is 4.74 Å². The summed E-state index contributed by atoms with van der Waals surface area (Å²) in [4.78, 5) is 4.49. The number of aliphatic hydroxyl groups is 1. The van der Waals surface area contributed by atoms with Crippen LogP contribution in [0, 0.1) is 19.8 Å². The van der Waals surface area contributed by atoms with E-state index >= 15 is 0 Å². The third-order valence-electron chi connectivity index (χ3n) is 3.82. The third-order valence-corrected chi connectivity index (χ3v) is 3.82. The number of rotatable bonds is 3. The van der Waals surface area contributed by atoms with Gasteiger partial charge in [-0.3, -0.25) is 4.98 Å². The van der Waals surface area contributed by atoms with Crippen LogP contribution in [0.15, 0.2) is 6.20 Å². The number of methoxy groups -OCH3 is 1. The predicted octanol–water partition coefficient (Wildman–Crippen LogP) is 2.41. The zero-order chi connectivity index (χ0) is 12.4. The van der Waals surface area contributed by atoms with Crippen LogP contribution in [0.25, 0.3) is 0 Å². The van der Waals surface area contributed by atoms with Gasteiger partial charge in [0.25, 0.3) is 0 Å². The van der Waals surface area contributed by atoms with E-state index in [1.807, 2.05) is 13.1 Å². The maximum atomic E-state index is 9.86. The second-order valence-electron chi connectivity index (χ2n) is 5.01. The minimum atomic E-state index is -0.150. The zero-order valence-corrected chi connectivity index (χ0v) is 10.9. The lowest BCUT2D eigenvalue weighted by molar-refractivity contribution is 0.132. The molecule has 0 radical (unpaired) electrons. The van der Waals surface area contributed by atoms with Gasteiger partial charge in [-0.15, -0.1) is 0 Å². The summed E-state index contributed by atoms with van der Waals surface area (Å²) < 4.78 is 5.41. The van der Waals surface area contributed by atoms with Crippen LogP contribution < -0.4 is 4.74 Å². The molecule has 0 bridgehead atoms. The number of nitrogens with zero attached hydrogens (tertiary/aromatic N) is 1. The summed E-state index contributed by atoms with van der Waals surface area (Å²) in [7, 11) is 1.70. The van der Waals surface area contributed by atoms with Gasteiger partial charge in [-0.05, 0) is 39.0 Å². The monoisotopic (exact) mass is 235 g/mol. The van der Waals surface area contributed by atoms with E-state index in [9.17, 15) is 5.11 Å². The minimum absolute atomic E-state index is 0.150. The summed E-state index contributed by atoms with van der Waals surface area (Å²) in [6, 6.07) is 0. The molecule has 1 N–H and O–H groups in total. The van der Waals surface area contributed by atoms with E-state index in [1.165, 1.54) is 0 Å². The molecule has 3 heteroatoms. The van der Waals surface area contributed by atoms with E-state index in [0.29, 0.717) is 5.92 Å². The quantitative estimate of drug-likeness (QED) is 0.874. The fourth-order valence-electron chi connectivity index (χ4n) is 2.78.